The van der Waals surface area contributed by atoms with Crippen molar-refractivity contribution in [2.75, 3.05) is 0 Å². The molecule has 2 fully saturated rings. The van der Waals surface area contributed by atoms with Crippen LogP contribution in [0.3, 0.4) is 0 Å². The van der Waals surface area contributed by atoms with Crippen molar-refractivity contribution in [3.05, 3.63) is 113 Å². The second-order valence-electron chi connectivity index (χ2n) is 13.5. The van der Waals surface area contributed by atoms with E-state index in [0.717, 1.165) is 46.7 Å². The monoisotopic (exact) mass is 757 g/mol. The Balaban J connectivity index is 0.00000384. The second-order valence-corrected chi connectivity index (χ2v) is 13.5. The van der Waals surface area contributed by atoms with Crippen LogP contribution in [0, 0.1) is 40.9 Å². The van der Waals surface area contributed by atoms with E-state index in [1.54, 1.807) is 12.1 Å². The van der Waals surface area contributed by atoms with Crippen molar-refractivity contribution in [2.24, 2.45) is 10.8 Å². The zero-order valence-corrected chi connectivity index (χ0v) is 27.9. The van der Waals surface area contributed by atoms with Gasteiger partial charge in [-0.2, -0.15) is 11.3 Å². The predicted molar refractivity (Wildman–Crippen MR) is 171 cm³/mol. The van der Waals surface area contributed by atoms with E-state index in [1.165, 1.54) is 51.4 Å². The Morgan fingerprint density at radius 1 is 0.795 bits per heavy atom. The molecule has 2 aromatic heterocycles. The van der Waals surface area contributed by atoms with Gasteiger partial charge in [-0.3, -0.25) is 4.85 Å². The van der Waals surface area contributed by atoms with Gasteiger partial charge in [-0.05, 0) is 78.4 Å². The molecule has 0 spiro atoms. The molecular weight excluding hydrogens is 720 g/mol. The maximum Gasteiger partial charge on any atom is 2.00 e. The minimum atomic E-state index is -0.408. The molecule has 0 saturated heterocycles. The third kappa shape index (κ3) is 6.58. The molecule has 5 heteroatoms. The van der Waals surface area contributed by atoms with Gasteiger partial charge in [-0.15, -0.1) is 53.6 Å². The first-order valence-corrected chi connectivity index (χ1v) is 15.6. The molecule has 0 atom stereocenters. The molecule has 4 aromatic rings. The summed E-state index contributed by atoms with van der Waals surface area (Å²) in [7, 11) is 0. The van der Waals surface area contributed by atoms with Gasteiger partial charge in [0.05, 0.1) is 18.1 Å². The van der Waals surface area contributed by atoms with Gasteiger partial charge in [0.2, 0.25) is 0 Å². The molecule has 6 rings (SSSR count). The van der Waals surface area contributed by atoms with E-state index in [-0.39, 0.29) is 31.9 Å². The second kappa shape index (κ2) is 13.2. The van der Waals surface area contributed by atoms with Gasteiger partial charge in [0.1, 0.15) is 5.69 Å². The zero-order chi connectivity index (χ0) is 29.9. The van der Waals surface area contributed by atoms with Crippen molar-refractivity contribution in [2.45, 2.75) is 83.5 Å². The summed E-state index contributed by atoms with van der Waals surface area (Å²) < 4.78 is 0. The van der Waals surface area contributed by atoms with Crippen LogP contribution in [0.4, 0.5) is 5.69 Å². The summed E-state index contributed by atoms with van der Waals surface area (Å²) in [5.41, 5.74) is 6.61. The SMILES string of the molecule is [C-]#[N+]c1cc[c-]c(-c2cccc(C(CC3(C)CCCC3)(CC3(C)CCCC3)c3cccc(-c4[c-]ccc(C#N)c4)n3)n2)c1.[Pt+2]. The summed E-state index contributed by atoms with van der Waals surface area (Å²) in [6.45, 7) is 12.5. The van der Waals surface area contributed by atoms with Crippen molar-refractivity contribution in [1.29, 1.82) is 5.26 Å². The molecule has 0 unspecified atom stereocenters. The number of nitrogens with zero attached hydrogens (tertiary/aromatic N) is 4. The summed E-state index contributed by atoms with van der Waals surface area (Å²) in [5, 5.41) is 9.56. The van der Waals surface area contributed by atoms with E-state index < -0.39 is 5.41 Å². The number of pyridine rings is 2. The van der Waals surface area contributed by atoms with Crippen LogP contribution in [0.5, 0.6) is 0 Å². The molecule has 2 aliphatic rings. The third-order valence-electron chi connectivity index (χ3n) is 9.95. The maximum absolute atomic E-state index is 9.56. The molecule has 2 saturated carbocycles. The van der Waals surface area contributed by atoms with Gasteiger partial charge in [0.25, 0.3) is 0 Å². The van der Waals surface area contributed by atoms with Gasteiger partial charge in [0, 0.05) is 11.4 Å². The van der Waals surface area contributed by atoms with Crippen LogP contribution in [-0.4, -0.2) is 9.97 Å². The van der Waals surface area contributed by atoms with Crippen molar-refractivity contribution in [3.63, 3.8) is 0 Å². The predicted octanol–water partition coefficient (Wildman–Crippen LogP) is 10.1. The van der Waals surface area contributed by atoms with Gasteiger partial charge in [0.15, 0.2) is 0 Å². The zero-order valence-electron chi connectivity index (χ0n) is 25.6. The standard InChI is InChI=1S/C39H38N4.Pt/c1-37(20-4-5-21-37)27-39(28-38(2)22-6-7-23-38,35-18-10-16-33(42-35)30-13-8-12-29(24-30)26-40)36-19-11-17-34(43-36)31-14-9-15-32(25-31)41-3;/h8-12,15-19,24-25H,4-7,20-23,27-28H2,1-2H3;/q-2;+2. The Bertz CT molecular complexity index is 1570. The first-order valence-electron chi connectivity index (χ1n) is 15.6. The van der Waals surface area contributed by atoms with Gasteiger partial charge in [-0.1, -0.05) is 63.8 Å². The number of hydrogen-bond acceptors (Lipinski definition) is 3. The Labute approximate surface area is 277 Å². The first-order chi connectivity index (χ1) is 20.8. The topological polar surface area (TPSA) is 53.9 Å². The molecule has 0 aliphatic heterocycles. The Kier molecular flexibility index (Phi) is 9.53. The number of aromatic nitrogens is 2. The van der Waals surface area contributed by atoms with Crippen molar-refractivity contribution < 1.29 is 21.1 Å². The van der Waals surface area contributed by atoms with E-state index in [0.29, 0.717) is 11.3 Å². The van der Waals surface area contributed by atoms with Crippen molar-refractivity contribution in [3.8, 4) is 28.6 Å². The van der Waals surface area contributed by atoms with Gasteiger partial charge in [-0.25, -0.2) is 0 Å². The van der Waals surface area contributed by atoms with Crippen LogP contribution >= 0.6 is 0 Å². The number of nitriles is 1. The fourth-order valence-electron chi connectivity index (χ4n) is 7.88. The summed E-state index contributed by atoms with van der Waals surface area (Å²) >= 11 is 0. The fraction of sp³-hybridized carbons (Fsp3) is 0.385. The maximum atomic E-state index is 9.56. The number of benzene rings is 2. The van der Waals surface area contributed by atoms with Crippen LogP contribution in [0.1, 0.15) is 95.0 Å². The Hall–Kier alpha value is -3.59. The fourth-order valence-corrected chi connectivity index (χ4v) is 7.88. The molecular formula is C39H38N4Pt. The molecule has 0 N–H and O–H groups in total. The molecule has 2 aromatic carbocycles. The van der Waals surface area contributed by atoms with E-state index >= 15 is 0 Å². The minimum absolute atomic E-state index is 0. The molecule has 4 nitrogen and oxygen atoms in total. The Morgan fingerprint density at radius 3 is 1.80 bits per heavy atom. The summed E-state index contributed by atoms with van der Waals surface area (Å²) in [6.07, 6.45) is 11.9. The quantitative estimate of drug-likeness (QED) is 0.168. The van der Waals surface area contributed by atoms with Crippen LogP contribution in [0.2, 0.25) is 0 Å². The van der Waals surface area contributed by atoms with Crippen LogP contribution in [-0.2, 0) is 26.5 Å². The third-order valence-corrected chi connectivity index (χ3v) is 9.95. The first kappa shape index (κ1) is 31.8. The largest absolute Gasteiger partial charge is 2.00 e. The minimum Gasteiger partial charge on any atom is -0.300 e. The number of hydrogen-bond donors (Lipinski definition) is 0. The number of rotatable bonds is 8. The average molecular weight is 758 g/mol. The molecule has 0 radical (unpaired) electrons. The van der Waals surface area contributed by atoms with Crippen molar-refractivity contribution in [1.82, 2.24) is 9.97 Å². The molecule has 2 aliphatic carbocycles. The van der Waals surface area contributed by atoms with Crippen LogP contribution < -0.4 is 0 Å². The van der Waals surface area contributed by atoms with E-state index in [2.05, 4.69) is 61.2 Å². The van der Waals surface area contributed by atoms with Crippen LogP contribution in [0.25, 0.3) is 27.4 Å². The Morgan fingerprint density at radius 2 is 1.30 bits per heavy atom. The van der Waals surface area contributed by atoms with E-state index in [1.807, 2.05) is 36.4 Å². The van der Waals surface area contributed by atoms with E-state index in [9.17, 15) is 5.26 Å². The summed E-state index contributed by atoms with van der Waals surface area (Å²) in [6, 6.07) is 32.6. The van der Waals surface area contributed by atoms with Crippen LogP contribution in [0.15, 0.2) is 72.8 Å². The molecule has 2 heterocycles. The normalized spacial score (nSPS) is 16.9. The van der Waals surface area contributed by atoms with Gasteiger partial charge < -0.3 is 9.97 Å². The van der Waals surface area contributed by atoms with Gasteiger partial charge >= 0.3 is 21.1 Å². The molecule has 44 heavy (non-hydrogen) atoms. The molecule has 224 valence electrons. The smallest absolute Gasteiger partial charge is 0.300 e. The summed E-state index contributed by atoms with van der Waals surface area (Å²) in [5.74, 6) is 0. The average Bonchev–Trinajstić information content (AvgIpc) is 3.68. The van der Waals surface area contributed by atoms with E-state index in [4.69, 9.17) is 16.5 Å². The molecule has 0 amide bonds. The van der Waals surface area contributed by atoms with Crippen molar-refractivity contribution >= 4 is 5.69 Å². The summed E-state index contributed by atoms with van der Waals surface area (Å²) in [4.78, 5) is 14.5. The molecule has 0 bridgehead atoms.